The van der Waals surface area contributed by atoms with Gasteiger partial charge >= 0.3 is 0 Å². The Labute approximate surface area is 176 Å². The van der Waals surface area contributed by atoms with Gasteiger partial charge in [0.1, 0.15) is 5.76 Å². The standard InChI is InChI=1S/C22H25N3O3S/c1-25(16-8-3-2-4-9-16)21(27)18-11-5-6-12-19(18)23-22(29)24-20(26)14-13-17-10-7-15-28-17/h5-7,10-16H,2-4,8-9H2,1H3,(H2,23,24,26,29)/b14-13+. The van der Waals surface area contributed by atoms with E-state index >= 15 is 0 Å². The minimum Gasteiger partial charge on any atom is -0.465 e. The number of nitrogens with zero attached hydrogens (tertiary/aromatic N) is 1. The third kappa shape index (κ3) is 5.77. The molecule has 6 nitrogen and oxygen atoms in total. The van der Waals surface area contributed by atoms with E-state index in [1.807, 2.05) is 24.1 Å². The molecule has 0 atom stereocenters. The molecule has 2 amide bonds. The molecule has 7 heteroatoms. The summed E-state index contributed by atoms with van der Waals surface area (Å²) in [5, 5.41) is 5.67. The van der Waals surface area contributed by atoms with Gasteiger partial charge in [-0.05, 0) is 55.4 Å². The maximum Gasteiger partial charge on any atom is 0.255 e. The van der Waals surface area contributed by atoms with E-state index in [0.29, 0.717) is 17.0 Å². The average molecular weight is 412 g/mol. The normalized spacial score (nSPS) is 14.5. The molecule has 1 saturated carbocycles. The van der Waals surface area contributed by atoms with Gasteiger partial charge in [0.2, 0.25) is 5.91 Å². The Morgan fingerprint density at radius 1 is 1.14 bits per heavy atom. The number of hydrogen-bond acceptors (Lipinski definition) is 4. The number of amides is 2. The molecular formula is C22H25N3O3S. The van der Waals surface area contributed by atoms with Crippen molar-refractivity contribution in [3.05, 3.63) is 60.1 Å². The third-order valence-corrected chi connectivity index (χ3v) is 5.23. The lowest BCUT2D eigenvalue weighted by atomic mass is 9.94. The van der Waals surface area contributed by atoms with Gasteiger partial charge in [-0.25, -0.2) is 0 Å². The van der Waals surface area contributed by atoms with E-state index in [9.17, 15) is 9.59 Å². The number of rotatable bonds is 5. The van der Waals surface area contributed by atoms with Crippen LogP contribution in [0.25, 0.3) is 6.08 Å². The number of benzene rings is 1. The van der Waals surface area contributed by atoms with Crippen molar-refractivity contribution in [2.24, 2.45) is 0 Å². The second kappa shape index (κ2) is 10.0. The topological polar surface area (TPSA) is 74.6 Å². The highest BCUT2D eigenvalue weighted by Gasteiger charge is 2.24. The van der Waals surface area contributed by atoms with Crippen molar-refractivity contribution >= 4 is 40.9 Å². The van der Waals surface area contributed by atoms with E-state index in [1.165, 1.54) is 18.8 Å². The SMILES string of the molecule is CN(C(=O)c1ccccc1NC(=S)NC(=O)/C=C/c1ccco1)C1CCCCC1. The summed E-state index contributed by atoms with van der Waals surface area (Å²) in [5.41, 5.74) is 1.10. The van der Waals surface area contributed by atoms with Gasteiger partial charge < -0.3 is 14.6 Å². The molecule has 1 aliphatic carbocycles. The zero-order valence-corrected chi connectivity index (χ0v) is 17.2. The molecule has 0 aliphatic heterocycles. The number of thiocarbonyl (C=S) groups is 1. The summed E-state index contributed by atoms with van der Waals surface area (Å²) in [4.78, 5) is 26.9. The summed E-state index contributed by atoms with van der Waals surface area (Å²) in [5.74, 6) is 0.134. The van der Waals surface area contributed by atoms with Gasteiger partial charge in [-0.1, -0.05) is 31.4 Å². The minimum absolute atomic E-state index is 0.0492. The zero-order chi connectivity index (χ0) is 20.6. The predicted octanol–water partition coefficient (Wildman–Crippen LogP) is 4.21. The smallest absolute Gasteiger partial charge is 0.255 e. The number of anilines is 1. The number of hydrogen-bond donors (Lipinski definition) is 2. The monoisotopic (exact) mass is 411 g/mol. The molecule has 152 valence electrons. The van der Waals surface area contributed by atoms with Crippen molar-refractivity contribution in [1.29, 1.82) is 0 Å². The number of furan rings is 1. The van der Waals surface area contributed by atoms with Crippen LogP contribution in [0.5, 0.6) is 0 Å². The summed E-state index contributed by atoms with van der Waals surface area (Å²) >= 11 is 5.24. The largest absolute Gasteiger partial charge is 0.465 e. The van der Waals surface area contributed by atoms with Gasteiger partial charge in [-0.3, -0.25) is 14.9 Å². The molecule has 2 aromatic rings. The third-order valence-electron chi connectivity index (χ3n) is 5.03. The molecule has 1 aliphatic rings. The highest BCUT2D eigenvalue weighted by molar-refractivity contribution is 7.80. The molecule has 2 N–H and O–H groups in total. The van der Waals surface area contributed by atoms with Crippen molar-refractivity contribution < 1.29 is 14.0 Å². The second-order valence-corrected chi connectivity index (χ2v) is 7.45. The van der Waals surface area contributed by atoms with Crippen LogP contribution in [-0.4, -0.2) is 34.9 Å². The Balaban J connectivity index is 1.62. The number of para-hydroxylation sites is 1. The Kier molecular flexibility index (Phi) is 7.19. The molecule has 0 radical (unpaired) electrons. The van der Waals surface area contributed by atoms with Crippen LogP contribution in [0.2, 0.25) is 0 Å². The minimum atomic E-state index is -0.387. The Hall–Kier alpha value is -2.93. The molecule has 1 fully saturated rings. The Morgan fingerprint density at radius 3 is 2.62 bits per heavy atom. The summed E-state index contributed by atoms with van der Waals surface area (Å²) in [6.07, 6.45) is 10.0. The fraction of sp³-hybridized carbons (Fsp3) is 0.318. The molecule has 1 aromatic carbocycles. The second-order valence-electron chi connectivity index (χ2n) is 7.05. The van der Waals surface area contributed by atoms with Gasteiger partial charge in [0.15, 0.2) is 5.11 Å². The molecule has 0 spiro atoms. The van der Waals surface area contributed by atoms with Crippen LogP contribution >= 0.6 is 12.2 Å². The highest BCUT2D eigenvalue weighted by Crippen LogP contribution is 2.25. The maximum absolute atomic E-state index is 13.0. The van der Waals surface area contributed by atoms with Crippen molar-refractivity contribution in [2.75, 3.05) is 12.4 Å². The molecule has 0 unspecified atom stereocenters. The molecule has 3 rings (SSSR count). The molecule has 1 heterocycles. The van der Waals surface area contributed by atoms with Gasteiger partial charge in [0, 0.05) is 19.2 Å². The fourth-order valence-corrected chi connectivity index (χ4v) is 3.66. The van der Waals surface area contributed by atoms with Crippen molar-refractivity contribution in [2.45, 2.75) is 38.1 Å². The lowest BCUT2D eigenvalue weighted by Crippen LogP contribution is -2.39. The first-order valence-electron chi connectivity index (χ1n) is 9.74. The molecule has 29 heavy (non-hydrogen) atoms. The number of nitrogens with one attached hydrogen (secondary N) is 2. The number of carbonyl (C=O) groups excluding carboxylic acids is 2. The van der Waals surface area contributed by atoms with Gasteiger partial charge in [0.05, 0.1) is 17.5 Å². The fourth-order valence-electron chi connectivity index (χ4n) is 3.45. The van der Waals surface area contributed by atoms with E-state index in [2.05, 4.69) is 10.6 Å². The van der Waals surface area contributed by atoms with Crippen molar-refractivity contribution in [3.63, 3.8) is 0 Å². The average Bonchev–Trinajstić information content (AvgIpc) is 3.26. The first-order chi connectivity index (χ1) is 14.0. The van der Waals surface area contributed by atoms with Gasteiger partial charge in [-0.15, -0.1) is 0 Å². The lowest BCUT2D eigenvalue weighted by Gasteiger charge is -2.31. The molecule has 1 aromatic heterocycles. The van der Waals surface area contributed by atoms with E-state index < -0.39 is 0 Å². The summed E-state index contributed by atoms with van der Waals surface area (Å²) in [6, 6.07) is 10.9. The van der Waals surface area contributed by atoms with Crippen LogP contribution in [0.3, 0.4) is 0 Å². The first kappa shape index (κ1) is 20.8. The maximum atomic E-state index is 13.0. The van der Waals surface area contributed by atoms with E-state index in [-0.39, 0.29) is 23.0 Å². The van der Waals surface area contributed by atoms with Crippen molar-refractivity contribution in [3.8, 4) is 0 Å². The van der Waals surface area contributed by atoms with Gasteiger partial charge in [-0.2, -0.15) is 0 Å². The zero-order valence-electron chi connectivity index (χ0n) is 16.4. The quantitative estimate of drug-likeness (QED) is 0.569. The van der Waals surface area contributed by atoms with E-state index in [0.717, 1.165) is 25.7 Å². The first-order valence-corrected chi connectivity index (χ1v) is 10.1. The highest BCUT2D eigenvalue weighted by atomic mass is 32.1. The van der Waals surface area contributed by atoms with Crippen LogP contribution in [0.15, 0.2) is 53.2 Å². The Bertz CT molecular complexity index is 886. The Morgan fingerprint density at radius 2 is 1.90 bits per heavy atom. The van der Waals surface area contributed by atoms with Crippen LogP contribution in [0.1, 0.15) is 48.2 Å². The lowest BCUT2D eigenvalue weighted by molar-refractivity contribution is -0.115. The van der Waals surface area contributed by atoms with E-state index in [4.69, 9.17) is 16.6 Å². The van der Waals surface area contributed by atoms with Crippen LogP contribution < -0.4 is 10.6 Å². The molecule has 0 saturated heterocycles. The van der Waals surface area contributed by atoms with Crippen LogP contribution in [0.4, 0.5) is 5.69 Å². The summed E-state index contributed by atoms with van der Waals surface area (Å²) < 4.78 is 5.14. The summed E-state index contributed by atoms with van der Waals surface area (Å²) in [6.45, 7) is 0. The van der Waals surface area contributed by atoms with Crippen LogP contribution in [0, 0.1) is 0 Å². The van der Waals surface area contributed by atoms with Gasteiger partial charge in [0.25, 0.3) is 5.91 Å². The number of carbonyl (C=O) groups is 2. The summed E-state index contributed by atoms with van der Waals surface area (Å²) in [7, 11) is 1.86. The molecular weight excluding hydrogens is 386 g/mol. The molecule has 0 bridgehead atoms. The van der Waals surface area contributed by atoms with Crippen LogP contribution in [-0.2, 0) is 4.79 Å². The predicted molar refractivity (Wildman–Crippen MR) is 118 cm³/mol. The van der Waals surface area contributed by atoms with E-state index in [1.54, 1.807) is 30.3 Å². The van der Waals surface area contributed by atoms with Crippen molar-refractivity contribution in [1.82, 2.24) is 10.2 Å².